The number of aromatic nitrogens is 2. The normalized spacial score (nSPS) is 11.6. The lowest BCUT2D eigenvalue weighted by Crippen LogP contribution is -2.37. The molecule has 0 aliphatic heterocycles. The van der Waals surface area contributed by atoms with Crippen molar-refractivity contribution in [3.8, 4) is 29.0 Å². The van der Waals surface area contributed by atoms with E-state index in [1.54, 1.807) is 61.1 Å². The molecule has 0 aliphatic rings. The summed E-state index contributed by atoms with van der Waals surface area (Å²) in [5.74, 6) is 0. The van der Waals surface area contributed by atoms with Crippen LogP contribution in [0.2, 0.25) is 0 Å². The van der Waals surface area contributed by atoms with Crippen LogP contribution >= 0.6 is 0 Å². The Morgan fingerprint density at radius 3 is 2.25 bits per heavy atom. The number of anilines is 1. The molecule has 0 spiro atoms. The molecule has 0 amide bonds. The smallest absolute Gasteiger partial charge is 0.279 e. The monoisotopic (exact) mass is 374 g/mol. The molecule has 28 heavy (non-hydrogen) atoms. The van der Waals surface area contributed by atoms with Crippen molar-refractivity contribution in [3.63, 3.8) is 0 Å². The first-order valence-electron chi connectivity index (χ1n) is 8.08. The van der Waals surface area contributed by atoms with Gasteiger partial charge in [-0.05, 0) is 19.1 Å². The molecule has 0 unspecified atom stereocenters. The Kier molecular flexibility index (Phi) is 4.44. The van der Waals surface area contributed by atoms with Crippen LogP contribution in [-0.2, 0) is 7.05 Å². The number of benzene rings is 1. The average molecular weight is 374 g/mol. The first kappa shape index (κ1) is 18.4. The molecule has 0 radical (unpaired) electrons. The van der Waals surface area contributed by atoms with Gasteiger partial charge in [-0.3, -0.25) is 19.1 Å². The molecule has 0 saturated carbocycles. The van der Waals surface area contributed by atoms with Crippen LogP contribution in [0.5, 0.6) is 0 Å². The molecule has 1 aromatic heterocycles. The molecular formula is C19H14N6O3. The van der Waals surface area contributed by atoms with E-state index in [9.17, 15) is 14.4 Å². The summed E-state index contributed by atoms with van der Waals surface area (Å²) < 4.78 is 2.94. The van der Waals surface area contributed by atoms with Gasteiger partial charge in [0.15, 0.2) is 5.70 Å². The van der Waals surface area contributed by atoms with Crippen LogP contribution in [0.1, 0.15) is 5.69 Å². The Labute approximate surface area is 158 Å². The first-order valence-corrected chi connectivity index (χ1v) is 8.08. The number of hydrogen-bond donors (Lipinski definition) is 2. The average Bonchev–Trinajstić information content (AvgIpc) is 2.93. The lowest BCUT2D eigenvalue weighted by atomic mass is 9.98. The molecule has 0 bridgehead atoms. The predicted octanol–water partition coefficient (Wildman–Crippen LogP) is 0.377. The van der Waals surface area contributed by atoms with Crippen LogP contribution < -0.4 is 27.5 Å². The van der Waals surface area contributed by atoms with Crippen LogP contribution in [0.25, 0.3) is 16.8 Å². The zero-order chi connectivity index (χ0) is 20.6. The third-order valence-corrected chi connectivity index (χ3v) is 4.47. The Hall–Kier alpha value is -4.37. The maximum atomic E-state index is 13.1. The highest BCUT2D eigenvalue weighted by Crippen LogP contribution is 2.26. The summed E-state index contributed by atoms with van der Waals surface area (Å²) >= 11 is 0. The van der Waals surface area contributed by atoms with Crippen LogP contribution in [0, 0.1) is 29.6 Å². The van der Waals surface area contributed by atoms with Crippen LogP contribution in [0.15, 0.2) is 56.1 Å². The third kappa shape index (κ3) is 2.59. The van der Waals surface area contributed by atoms with E-state index in [-0.39, 0.29) is 22.5 Å². The molecule has 2 aromatic carbocycles. The summed E-state index contributed by atoms with van der Waals surface area (Å²) in [6.07, 6.45) is 0. The number of nitriles is 2. The van der Waals surface area contributed by atoms with Gasteiger partial charge in [-0.1, -0.05) is 18.2 Å². The van der Waals surface area contributed by atoms with Gasteiger partial charge in [-0.25, -0.2) is 4.68 Å². The van der Waals surface area contributed by atoms with Crippen molar-refractivity contribution in [2.24, 2.45) is 12.8 Å². The fraction of sp³-hybridized carbons (Fsp3) is 0.105. The second-order valence-electron chi connectivity index (χ2n) is 5.98. The van der Waals surface area contributed by atoms with Crippen molar-refractivity contribution in [1.82, 2.24) is 9.36 Å². The quantitative estimate of drug-likeness (QED) is 0.495. The maximum absolute atomic E-state index is 13.1. The van der Waals surface area contributed by atoms with Gasteiger partial charge in [0.05, 0.1) is 16.8 Å². The summed E-state index contributed by atoms with van der Waals surface area (Å²) in [5, 5.41) is 20.4. The van der Waals surface area contributed by atoms with Gasteiger partial charge in [0, 0.05) is 12.7 Å². The topological polar surface area (TPSA) is 147 Å². The molecule has 3 rings (SSSR count). The molecule has 0 aliphatic carbocycles. The van der Waals surface area contributed by atoms with Crippen LogP contribution in [0.4, 0.5) is 5.69 Å². The molecule has 0 saturated heterocycles. The van der Waals surface area contributed by atoms with E-state index in [0.29, 0.717) is 11.4 Å². The zero-order valence-electron chi connectivity index (χ0n) is 15.0. The first-order chi connectivity index (χ1) is 13.3. The SMILES string of the molecule is Cc1c(-c2c(N/C(C#N)=C(\N)C#N)c(=O)c2=O)c(=O)n(-c2ccccc2)n1C. The number of nitrogens with two attached hydrogens (primary N) is 1. The fourth-order valence-electron chi connectivity index (χ4n) is 2.94. The minimum Gasteiger partial charge on any atom is -0.388 e. The van der Waals surface area contributed by atoms with Crippen molar-refractivity contribution >= 4 is 5.69 Å². The summed E-state index contributed by atoms with van der Waals surface area (Å²) in [7, 11) is 1.65. The number of nitrogens with zero attached hydrogens (tertiary/aromatic N) is 4. The maximum Gasteiger partial charge on any atom is 0.279 e. The number of para-hydroxylation sites is 1. The molecule has 0 fully saturated rings. The number of allylic oxidation sites excluding steroid dienone is 2. The van der Waals surface area contributed by atoms with Crippen molar-refractivity contribution in [3.05, 3.63) is 78.2 Å². The second-order valence-corrected chi connectivity index (χ2v) is 5.98. The largest absolute Gasteiger partial charge is 0.388 e. The lowest BCUT2D eigenvalue weighted by Gasteiger charge is -2.11. The molecule has 1 heterocycles. The minimum atomic E-state index is -0.887. The molecule has 3 N–H and O–H groups in total. The van der Waals surface area contributed by atoms with Crippen LogP contribution in [0.3, 0.4) is 0 Å². The van der Waals surface area contributed by atoms with Gasteiger partial charge < -0.3 is 11.1 Å². The molecular weight excluding hydrogens is 360 g/mol. The van der Waals surface area contributed by atoms with Gasteiger partial charge in [0.25, 0.3) is 11.0 Å². The second kappa shape index (κ2) is 6.74. The van der Waals surface area contributed by atoms with Gasteiger partial charge in [0.2, 0.25) is 5.43 Å². The highest BCUT2D eigenvalue weighted by atomic mass is 16.2. The van der Waals surface area contributed by atoms with E-state index >= 15 is 0 Å². The van der Waals surface area contributed by atoms with Crippen LogP contribution in [-0.4, -0.2) is 9.36 Å². The summed E-state index contributed by atoms with van der Waals surface area (Å²) in [6.45, 7) is 1.64. The molecule has 9 nitrogen and oxygen atoms in total. The van der Waals surface area contributed by atoms with E-state index in [4.69, 9.17) is 16.3 Å². The van der Waals surface area contributed by atoms with E-state index in [2.05, 4.69) is 5.32 Å². The van der Waals surface area contributed by atoms with Gasteiger partial charge in [0.1, 0.15) is 23.5 Å². The lowest BCUT2D eigenvalue weighted by molar-refractivity contribution is 0.630. The molecule has 138 valence electrons. The van der Waals surface area contributed by atoms with E-state index in [0.717, 1.165) is 0 Å². The van der Waals surface area contributed by atoms with E-state index in [1.807, 2.05) is 0 Å². The summed E-state index contributed by atoms with van der Waals surface area (Å²) in [4.78, 5) is 37.3. The summed E-state index contributed by atoms with van der Waals surface area (Å²) in [5.41, 5.74) is 3.13. The van der Waals surface area contributed by atoms with Crippen molar-refractivity contribution in [2.75, 3.05) is 5.32 Å². The third-order valence-electron chi connectivity index (χ3n) is 4.47. The predicted molar refractivity (Wildman–Crippen MR) is 102 cm³/mol. The van der Waals surface area contributed by atoms with Gasteiger partial charge in [-0.2, -0.15) is 10.5 Å². The number of nitrogens with one attached hydrogen (secondary N) is 1. The number of hydrogen-bond acceptors (Lipinski definition) is 7. The van der Waals surface area contributed by atoms with E-state index in [1.165, 1.54) is 4.68 Å². The van der Waals surface area contributed by atoms with Crippen molar-refractivity contribution in [1.29, 1.82) is 10.5 Å². The fourth-order valence-corrected chi connectivity index (χ4v) is 2.94. The molecule has 3 aromatic rings. The number of rotatable bonds is 4. The van der Waals surface area contributed by atoms with Crippen molar-refractivity contribution < 1.29 is 0 Å². The molecule has 9 heteroatoms. The molecule has 0 atom stereocenters. The summed E-state index contributed by atoms with van der Waals surface area (Å²) in [6, 6.07) is 12.1. The van der Waals surface area contributed by atoms with Crippen molar-refractivity contribution in [2.45, 2.75) is 6.92 Å². The zero-order valence-corrected chi connectivity index (χ0v) is 15.0. The Morgan fingerprint density at radius 1 is 1.04 bits per heavy atom. The highest BCUT2D eigenvalue weighted by Gasteiger charge is 2.30. The Bertz CT molecular complexity index is 1340. The minimum absolute atomic E-state index is 0.0475. The Balaban J connectivity index is 2.24. The standard InChI is InChI=1S/C19H14N6O3/c1-10-14(19(28)25(24(10)2)11-6-4-3-5-7-11)15-16(18(27)17(15)26)23-13(9-21)12(22)8-20/h3-7,23H,22H2,1-2H3/b13-12-. The highest BCUT2D eigenvalue weighted by molar-refractivity contribution is 5.84. The van der Waals surface area contributed by atoms with Gasteiger partial charge in [-0.15, -0.1) is 0 Å². The van der Waals surface area contributed by atoms with Gasteiger partial charge >= 0.3 is 0 Å². The van der Waals surface area contributed by atoms with E-state index < -0.39 is 22.1 Å². The Morgan fingerprint density at radius 2 is 1.68 bits per heavy atom.